The van der Waals surface area contributed by atoms with Crippen molar-refractivity contribution in [3.63, 3.8) is 0 Å². The number of hydrogen-bond donors (Lipinski definition) is 0. The van der Waals surface area contributed by atoms with Crippen LogP contribution in [0.3, 0.4) is 0 Å². The lowest BCUT2D eigenvalue weighted by Crippen LogP contribution is -2.65. The molecule has 2 aliphatic heterocycles. The zero-order chi connectivity index (χ0) is 44.1. The van der Waals surface area contributed by atoms with Gasteiger partial charge in [0.25, 0.3) is 5.79 Å². The minimum atomic E-state index is -2.23. The van der Waals surface area contributed by atoms with Crippen LogP contribution in [0.4, 0.5) is 0 Å². The Balaban J connectivity index is 1.58. The molecule has 3 aromatic rings. The average molecular weight is 851 g/mol. The lowest BCUT2D eigenvalue weighted by atomic mass is 9.80. The maximum atomic E-state index is 14.4. The largest absolute Gasteiger partial charge is 0.497 e. The topological polar surface area (TPSA) is 170 Å². The van der Waals surface area contributed by atoms with Crippen LogP contribution in [-0.2, 0) is 75.0 Å². The molecule has 2 saturated heterocycles. The molecule has 15 heteroatoms. The fourth-order valence-corrected chi connectivity index (χ4v) is 7.63. The molecule has 2 fully saturated rings. The predicted molar refractivity (Wildman–Crippen MR) is 218 cm³/mol. The van der Waals surface area contributed by atoms with Crippen molar-refractivity contribution in [2.45, 2.75) is 110 Å². The van der Waals surface area contributed by atoms with E-state index in [2.05, 4.69) is 0 Å². The highest BCUT2D eigenvalue weighted by molar-refractivity contribution is 5.78. The second-order valence-corrected chi connectivity index (χ2v) is 15.4. The maximum Gasteiger partial charge on any atom is 0.366 e. The molecule has 0 saturated carbocycles. The van der Waals surface area contributed by atoms with Gasteiger partial charge < -0.3 is 52.1 Å². The summed E-state index contributed by atoms with van der Waals surface area (Å²) in [5, 5.41) is 0. The number of rotatable bonds is 19. The van der Waals surface area contributed by atoms with Gasteiger partial charge in [-0.05, 0) is 35.4 Å². The van der Waals surface area contributed by atoms with E-state index in [0.29, 0.717) is 18.1 Å². The van der Waals surface area contributed by atoms with Crippen LogP contribution in [0.2, 0.25) is 0 Å². The number of hydrogen-bond acceptors (Lipinski definition) is 15. The molecule has 15 nitrogen and oxygen atoms in total. The minimum absolute atomic E-state index is 0.100. The standard InChI is InChI=1S/C46H58O15/c1-28-38(56-32(5)48)23-46(45(50)52-8,60-41(28)29(2)40(57-33(6)49)27-54-31(4)47)61-42-30(3)39(26-53-24-34-15-11-9-12-16-34)59-44(58-37-21-19-36(51-7)20-22-37)43(42)55-25-35-17-13-10-14-18-35/h9-22,28-30,38-44H,23-27H2,1-8H3/t28-,29-,30+,38?,39?,40-,41-,42+,43?,44-,46+/m1/s1. The lowest BCUT2D eigenvalue weighted by Gasteiger charge is -2.51. The first-order chi connectivity index (χ1) is 29.2. The van der Waals surface area contributed by atoms with Gasteiger partial charge in [-0.15, -0.1) is 0 Å². The summed E-state index contributed by atoms with van der Waals surface area (Å²) in [5.74, 6) is -5.79. The zero-order valence-corrected chi connectivity index (χ0v) is 36.0. The molecule has 2 aliphatic rings. The molecular weight excluding hydrogens is 792 g/mol. The minimum Gasteiger partial charge on any atom is -0.497 e. The molecule has 0 aromatic heterocycles. The predicted octanol–water partition coefficient (Wildman–Crippen LogP) is 5.98. The number of methoxy groups -OCH3 is 2. The Hall–Kier alpha value is -5.06. The van der Waals surface area contributed by atoms with Crippen LogP contribution in [0.1, 0.15) is 59.1 Å². The first-order valence-corrected chi connectivity index (χ1v) is 20.4. The fourth-order valence-electron chi connectivity index (χ4n) is 7.63. The normalized spacial score (nSPS) is 27.1. The van der Waals surface area contributed by atoms with E-state index >= 15 is 0 Å². The first-order valence-electron chi connectivity index (χ1n) is 20.4. The molecule has 0 aliphatic carbocycles. The molecule has 3 aromatic carbocycles. The van der Waals surface area contributed by atoms with Crippen LogP contribution in [0, 0.1) is 17.8 Å². The second kappa shape index (κ2) is 22.2. The number of benzene rings is 3. The van der Waals surface area contributed by atoms with Gasteiger partial charge in [-0.25, -0.2) is 4.79 Å². The van der Waals surface area contributed by atoms with Gasteiger partial charge in [0.15, 0.2) is 0 Å². The number of esters is 4. The van der Waals surface area contributed by atoms with Crippen LogP contribution < -0.4 is 9.47 Å². The van der Waals surface area contributed by atoms with Gasteiger partial charge in [0.05, 0.1) is 58.8 Å². The summed E-state index contributed by atoms with van der Waals surface area (Å²) in [5.41, 5.74) is 1.81. The molecule has 3 unspecified atom stereocenters. The lowest BCUT2D eigenvalue weighted by molar-refractivity contribution is -0.363. The molecular formula is C46H58O15. The van der Waals surface area contributed by atoms with E-state index in [0.717, 1.165) is 11.1 Å². The highest BCUT2D eigenvalue weighted by atomic mass is 16.8. The molecule has 2 heterocycles. The summed E-state index contributed by atoms with van der Waals surface area (Å²) in [6.07, 6.45) is -7.10. The third-order valence-electron chi connectivity index (χ3n) is 10.9. The van der Waals surface area contributed by atoms with Crippen LogP contribution in [0.5, 0.6) is 11.5 Å². The van der Waals surface area contributed by atoms with E-state index in [1.54, 1.807) is 45.2 Å². The average Bonchev–Trinajstić information content (AvgIpc) is 3.24. The van der Waals surface area contributed by atoms with Crippen LogP contribution in [0.25, 0.3) is 0 Å². The SMILES string of the molecule is COC(=O)[C@@]1(O[C@@H]2C(OCc3ccccc3)[C@H](Oc3ccc(OC)cc3)OC(COCc3ccccc3)[C@@H]2C)CC(OC(C)=O)[C@@H](C)[C@H]([C@H](C)[C@@H](COC(C)=O)OC(C)=O)O1. The van der Waals surface area contributed by atoms with Gasteiger partial charge >= 0.3 is 23.9 Å². The van der Waals surface area contributed by atoms with Gasteiger partial charge in [-0.2, -0.15) is 0 Å². The summed E-state index contributed by atoms with van der Waals surface area (Å²) >= 11 is 0. The van der Waals surface area contributed by atoms with Crippen molar-refractivity contribution in [2.24, 2.45) is 17.8 Å². The van der Waals surface area contributed by atoms with Crippen LogP contribution in [-0.4, -0.2) is 100 Å². The van der Waals surface area contributed by atoms with Crippen molar-refractivity contribution in [2.75, 3.05) is 27.4 Å². The highest BCUT2D eigenvalue weighted by Crippen LogP contribution is 2.44. The van der Waals surface area contributed by atoms with Crippen molar-refractivity contribution in [3.8, 4) is 11.5 Å². The number of ether oxygens (including phenoxy) is 11. The maximum absolute atomic E-state index is 14.4. The van der Waals surface area contributed by atoms with Crippen molar-refractivity contribution in [3.05, 3.63) is 96.1 Å². The van der Waals surface area contributed by atoms with Crippen molar-refractivity contribution >= 4 is 23.9 Å². The van der Waals surface area contributed by atoms with E-state index in [1.807, 2.05) is 67.6 Å². The summed E-state index contributed by atoms with van der Waals surface area (Å²) in [4.78, 5) is 51.2. The highest BCUT2D eigenvalue weighted by Gasteiger charge is 2.60. The number of carbonyl (C=O) groups excluding carboxylic acids is 4. The Morgan fingerprint density at radius 1 is 0.770 bits per heavy atom. The summed E-state index contributed by atoms with van der Waals surface area (Å²) in [6.45, 7) is 9.33. The third-order valence-corrected chi connectivity index (χ3v) is 10.9. The Kier molecular flexibility index (Phi) is 17.1. The van der Waals surface area contributed by atoms with Gasteiger partial charge in [-0.1, -0.05) is 81.4 Å². The molecule has 5 rings (SSSR count). The molecule has 332 valence electrons. The molecule has 11 atom stereocenters. The summed E-state index contributed by atoms with van der Waals surface area (Å²) < 4.78 is 67.6. The van der Waals surface area contributed by atoms with E-state index in [4.69, 9.17) is 52.1 Å². The van der Waals surface area contributed by atoms with Gasteiger partial charge in [0.2, 0.25) is 6.29 Å². The van der Waals surface area contributed by atoms with Crippen LogP contribution in [0.15, 0.2) is 84.9 Å². The Bertz CT molecular complexity index is 1860. The molecule has 61 heavy (non-hydrogen) atoms. The fraction of sp³-hybridized carbons (Fsp3) is 0.522. The molecule has 0 spiro atoms. The Labute approximate surface area is 357 Å². The van der Waals surface area contributed by atoms with Gasteiger partial charge in [0.1, 0.15) is 36.4 Å². The van der Waals surface area contributed by atoms with Gasteiger partial charge in [0, 0.05) is 38.5 Å². The molecule has 0 bridgehead atoms. The van der Waals surface area contributed by atoms with E-state index in [1.165, 1.54) is 27.9 Å². The molecule has 0 amide bonds. The van der Waals surface area contributed by atoms with Crippen LogP contribution >= 0.6 is 0 Å². The van der Waals surface area contributed by atoms with Crippen molar-refractivity contribution in [1.82, 2.24) is 0 Å². The van der Waals surface area contributed by atoms with E-state index < -0.39 is 90.3 Å². The number of carbonyl (C=O) groups is 4. The van der Waals surface area contributed by atoms with E-state index in [9.17, 15) is 19.2 Å². The summed E-state index contributed by atoms with van der Waals surface area (Å²) in [7, 11) is 2.76. The second-order valence-electron chi connectivity index (χ2n) is 15.4. The quantitative estimate of drug-likeness (QED) is 0.102. The monoisotopic (exact) mass is 850 g/mol. The van der Waals surface area contributed by atoms with Crippen molar-refractivity contribution < 1.29 is 71.3 Å². The van der Waals surface area contributed by atoms with E-state index in [-0.39, 0.29) is 26.2 Å². The Morgan fingerprint density at radius 3 is 1.97 bits per heavy atom. The van der Waals surface area contributed by atoms with Crippen molar-refractivity contribution in [1.29, 1.82) is 0 Å². The van der Waals surface area contributed by atoms with Gasteiger partial charge in [-0.3, -0.25) is 14.4 Å². The zero-order valence-electron chi connectivity index (χ0n) is 36.0. The third kappa shape index (κ3) is 12.7. The molecule has 0 N–H and O–H groups in total. The molecule has 0 radical (unpaired) electrons. The smallest absolute Gasteiger partial charge is 0.366 e. The first kappa shape index (κ1) is 47.0. The Morgan fingerprint density at radius 2 is 1.39 bits per heavy atom. The summed E-state index contributed by atoms with van der Waals surface area (Å²) in [6, 6.07) is 26.2.